The smallest absolute Gasteiger partial charge is 0.249 e. The number of hydrogen-bond acceptors (Lipinski definition) is 4. The zero-order chi connectivity index (χ0) is 36.7. The number of aliphatic hydroxyl groups excluding tert-OH is 3. The van der Waals surface area contributed by atoms with Gasteiger partial charge in [-0.3, -0.25) is 4.79 Å². The molecule has 0 saturated heterocycles. The van der Waals surface area contributed by atoms with Gasteiger partial charge in [0.1, 0.15) is 6.10 Å². The molecule has 0 aromatic carbocycles. The largest absolute Gasteiger partial charge is 0.394 e. The first kappa shape index (κ1) is 24.7. The Kier molecular flexibility index (Phi) is 19.0. The zero-order valence-electron chi connectivity index (χ0n) is 33.9. The highest BCUT2D eigenvalue weighted by molar-refractivity contribution is 5.80. The molecule has 0 radical (unpaired) electrons. The Morgan fingerprint density at radius 2 is 1.28 bits per heavy atom. The molecule has 1 amide bonds. The molecule has 0 bridgehead atoms. The van der Waals surface area contributed by atoms with Gasteiger partial charge in [-0.25, -0.2) is 0 Å². The summed E-state index contributed by atoms with van der Waals surface area (Å²) in [4.78, 5) is 12.4. The van der Waals surface area contributed by atoms with Crippen LogP contribution < -0.4 is 5.32 Å². The Bertz CT molecular complexity index is 857. The number of hydrogen-bond donors (Lipinski definition) is 4. The number of nitrogens with one attached hydrogen (secondary N) is 1. The van der Waals surface area contributed by atoms with Crippen molar-refractivity contribution in [3.05, 3.63) is 12.2 Å². The highest BCUT2D eigenvalue weighted by Gasteiger charge is 2.22. The van der Waals surface area contributed by atoms with Crippen LogP contribution >= 0.6 is 0 Å². The standard InChI is InChI=1S/C34H67NO4/c1-3-5-7-9-11-13-15-17-19-20-22-24-26-28-32(37)31(30-36)35-34(39)33(38)29-27-25-23-21-18-16-14-12-10-8-6-4-2/h26,28,31-33,36-38H,3-25,27,29-30H2,1-2H3,(H,35,39)/b28-26+/t31-,32+,33+/m0/s1/i2D3,4D2,6D2,8D2. The van der Waals surface area contributed by atoms with Crippen LogP contribution in [-0.4, -0.2) is 46.1 Å². The van der Waals surface area contributed by atoms with Crippen LogP contribution in [0.2, 0.25) is 0 Å². The molecular weight excluding hydrogens is 486 g/mol. The van der Waals surface area contributed by atoms with E-state index in [-0.39, 0.29) is 12.8 Å². The molecule has 0 aliphatic rings. The Morgan fingerprint density at radius 1 is 0.769 bits per heavy atom. The third kappa shape index (κ3) is 25.8. The van der Waals surface area contributed by atoms with E-state index in [1.807, 2.05) is 6.08 Å². The molecule has 0 fully saturated rings. The zero-order valence-corrected chi connectivity index (χ0v) is 24.9. The number of allylic oxidation sites excluding steroid dienone is 1. The predicted molar refractivity (Wildman–Crippen MR) is 167 cm³/mol. The van der Waals surface area contributed by atoms with E-state index >= 15 is 0 Å². The molecule has 3 atom stereocenters. The van der Waals surface area contributed by atoms with Crippen LogP contribution in [0.1, 0.15) is 186 Å². The average Bonchev–Trinajstić information content (AvgIpc) is 3.01. The van der Waals surface area contributed by atoms with Crippen LogP contribution in [0.25, 0.3) is 0 Å². The van der Waals surface area contributed by atoms with Crippen molar-refractivity contribution in [3.8, 4) is 0 Å². The van der Waals surface area contributed by atoms with Crippen molar-refractivity contribution >= 4 is 5.91 Å². The van der Waals surface area contributed by atoms with Crippen molar-refractivity contribution in [2.24, 2.45) is 0 Å². The summed E-state index contributed by atoms with van der Waals surface area (Å²) in [7, 11) is 0. The fraction of sp³-hybridized carbons (Fsp3) is 0.912. The molecule has 0 spiro atoms. The SMILES string of the molecule is [2H]C([2H])([2H])C([2H])([2H])C([2H])([2H])C([2H])([2H])CCCCCCCCCC[C@@H](O)C(=O)N[C@@H](CO)[C@H](O)/C=C/CCCCCCCCCCCCC. The Balaban J connectivity index is 4.06. The molecule has 5 heteroatoms. The summed E-state index contributed by atoms with van der Waals surface area (Å²) in [6.45, 7) is -1.49. The lowest BCUT2D eigenvalue weighted by molar-refractivity contribution is -0.131. The van der Waals surface area contributed by atoms with Gasteiger partial charge in [-0.1, -0.05) is 167 Å². The first-order valence-electron chi connectivity index (χ1n) is 20.4. The van der Waals surface area contributed by atoms with E-state index in [0.29, 0.717) is 19.3 Å². The number of unbranched alkanes of at least 4 members (excludes halogenated alkanes) is 18. The monoisotopic (exact) mass is 563 g/mol. The molecular formula is C34H67NO4. The van der Waals surface area contributed by atoms with E-state index in [0.717, 1.165) is 51.4 Å². The fourth-order valence-electron chi connectivity index (χ4n) is 4.66. The second kappa shape index (κ2) is 30.1. The lowest BCUT2D eigenvalue weighted by atomic mass is 10.0. The van der Waals surface area contributed by atoms with E-state index in [2.05, 4.69) is 12.2 Å². The van der Waals surface area contributed by atoms with Crippen LogP contribution in [0.5, 0.6) is 0 Å². The minimum absolute atomic E-state index is 0.260. The maximum Gasteiger partial charge on any atom is 0.249 e. The minimum atomic E-state index is -3.32. The molecule has 0 unspecified atom stereocenters. The highest BCUT2D eigenvalue weighted by Crippen LogP contribution is 2.14. The summed E-state index contributed by atoms with van der Waals surface area (Å²) in [6, 6.07) is -0.891. The van der Waals surface area contributed by atoms with Gasteiger partial charge in [-0.15, -0.1) is 0 Å². The van der Waals surface area contributed by atoms with Crippen LogP contribution in [0.15, 0.2) is 12.2 Å². The van der Waals surface area contributed by atoms with Crippen molar-refractivity contribution in [2.45, 2.75) is 192 Å². The van der Waals surface area contributed by atoms with Crippen molar-refractivity contribution in [1.29, 1.82) is 0 Å². The van der Waals surface area contributed by atoms with Gasteiger partial charge >= 0.3 is 0 Å². The predicted octanol–water partition coefficient (Wildman–Crippen LogP) is 8.53. The maximum absolute atomic E-state index is 12.4. The molecule has 0 aliphatic carbocycles. The normalized spacial score (nSPS) is 18.9. The van der Waals surface area contributed by atoms with Crippen LogP contribution in [0.3, 0.4) is 0 Å². The number of rotatable bonds is 30. The van der Waals surface area contributed by atoms with E-state index < -0.39 is 56.7 Å². The van der Waals surface area contributed by atoms with Gasteiger partial charge in [0.15, 0.2) is 0 Å². The van der Waals surface area contributed by atoms with Gasteiger partial charge in [0.05, 0.1) is 18.8 Å². The third-order valence-electron chi connectivity index (χ3n) is 7.23. The molecule has 0 aromatic heterocycles. The van der Waals surface area contributed by atoms with Gasteiger partial charge in [-0.05, 0) is 19.3 Å². The van der Waals surface area contributed by atoms with Gasteiger partial charge in [-0.2, -0.15) is 0 Å². The van der Waals surface area contributed by atoms with Gasteiger partial charge in [0.25, 0.3) is 0 Å². The Hall–Kier alpha value is -0.910. The molecule has 0 aliphatic heterocycles. The molecule has 4 N–H and O–H groups in total. The molecule has 0 rings (SSSR count). The van der Waals surface area contributed by atoms with Gasteiger partial charge < -0.3 is 20.6 Å². The molecule has 232 valence electrons. The molecule has 39 heavy (non-hydrogen) atoms. The van der Waals surface area contributed by atoms with Gasteiger partial charge in [0, 0.05) is 12.3 Å². The van der Waals surface area contributed by atoms with Crippen molar-refractivity contribution in [2.75, 3.05) is 6.61 Å². The summed E-state index contributed by atoms with van der Waals surface area (Å²) < 4.78 is 68.9. The minimum Gasteiger partial charge on any atom is -0.394 e. The van der Waals surface area contributed by atoms with Gasteiger partial charge in [0.2, 0.25) is 5.91 Å². The number of aliphatic hydroxyl groups is 3. The quantitative estimate of drug-likeness (QED) is 0.0521. The number of carbonyl (C=O) groups is 1. The fourth-order valence-corrected chi connectivity index (χ4v) is 4.66. The van der Waals surface area contributed by atoms with Crippen molar-refractivity contribution in [3.63, 3.8) is 0 Å². The average molecular weight is 563 g/mol. The third-order valence-corrected chi connectivity index (χ3v) is 7.23. The molecule has 0 saturated carbocycles. The van der Waals surface area contributed by atoms with Crippen molar-refractivity contribution in [1.82, 2.24) is 5.32 Å². The first-order chi connectivity index (χ1) is 22.5. The Labute approximate surface area is 255 Å². The Morgan fingerprint density at radius 3 is 1.82 bits per heavy atom. The summed E-state index contributed by atoms with van der Waals surface area (Å²) >= 11 is 0. The number of amides is 1. The summed E-state index contributed by atoms with van der Waals surface area (Å²) in [5, 5.41) is 32.8. The van der Waals surface area contributed by atoms with Crippen molar-refractivity contribution < 1.29 is 32.5 Å². The van der Waals surface area contributed by atoms with Crippen LogP contribution in [-0.2, 0) is 4.79 Å². The molecule has 5 nitrogen and oxygen atoms in total. The van der Waals surface area contributed by atoms with E-state index in [4.69, 9.17) is 12.3 Å². The topological polar surface area (TPSA) is 89.8 Å². The van der Waals surface area contributed by atoms with E-state index in [1.54, 1.807) is 6.08 Å². The lowest BCUT2D eigenvalue weighted by Crippen LogP contribution is -2.48. The maximum atomic E-state index is 12.4. The first-order valence-corrected chi connectivity index (χ1v) is 15.9. The summed E-state index contributed by atoms with van der Waals surface area (Å²) in [6.07, 6.45) is 12.5. The second-order valence-corrected chi connectivity index (χ2v) is 10.9. The molecule has 0 heterocycles. The summed E-state index contributed by atoms with van der Waals surface area (Å²) in [5.41, 5.74) is 0. The summed E-state index contributed by atoms with van der Waals surface area (Å²) in [5.74, 6) is -0.622. The highest BCUT2D eigenvalue weighted by atomic mass is 16.3. The number of carbonyl (C=O) groups excluding carboxylic acids is 1. The van der Waals surface area contributed by atoms with Crippen LogP contribution in [0.4, 0.5) is 0 Å². The van der Waals surface area contributed by atoms with E-state index in [9.17, 15) is 20.1 Å². The van der Waals surface area contributed by atoms with E-state index in [1.165, 1.54) is 57.8 Å². The molecule has 0 aromatic rings. The lowest BCUT2D eigenvalue weighted by Gasteiger charge is -2.21. The second-order valence-electron chi connectivity index (χ2n) is 10.9. The van der Waals surface area contributed by atoms with Crippen LogP contribution in [0, 0.1) is 0 Å².